The summed E-state index contributed by atoms with van der Waals surface area (Å²) in [5, 5.41) is 12.4. The normalized spacial score (nSPS) is 12.0. The number of hydrogen-bond acceptors (Lipinski definition) is 4. The zero-order chi connectivity index (χ0) is 31.0. The fraction of sp³-hybridized carbons (Fsp3) is 0.235. The van der Waals surface area contributed by atoms with Crippen molar-refractivity contribution < 1.29 is 27.9 Å². The molecule has 0 saturated heterocycles. The number of para-hydroxylation sites is 1. The molecule has 5 nitrogen and oxygen atoms in total. The Hall–Kier alpha value is -4.24. The van der Waals surface area contributed by atoms with Crippen LogP contribution in [-0.2, 0) is 24.1 Å². The van der Waals surface area contributed by atoms with Crippen LogP contribution in [-0.4, -0.2) is 35.0 Å². The van der Waals surface area contributed by atoms with Gasteiger partial charge in [0.25, 0.3) is 5.91 Å². The Labute approximate surface area is 253 Å². The summed E-state index contributed by atoms with van der Waals surface area (Å²) in [5.41, 5.74) is 4.62. The highest BCUT2D eigenvalue weighted by molar-refractivity contribution is 7.98. The van der Waals surface area contributed by atoms with E-state index in [1.807, 2.05) is 79.9 Å². The lowest BCUT2D eigenvalue weighted by Gasteiger charge is -2.26. The summed E-state index contributed by atoms with van der Waals surface area (Å²) in [6.07, 6.45) is -2.22. The van der Waals surface area contributed by atoms with Gasteiger partial charge in [-0.05, 0) is 89.6 Å². The predicted octanol–water partition coefficient (Wildman–Crippen LogP) is 7.82. The number of halogens is 3. The number of nitrogens with zero attached hydrogens (tertiary/aromatic N) is 1. The van der Waals surface area contributed by atoms with Gasteiger partial charge in [0.2, 0.25) is 0 Å². The van der Waals surface area contributed by atoms with Crippen molar-refractivity contribution >= 4 is 29.3 Å². The van der Waals surface area contributed by atoms with Crippen molar-refractivity contribution in [2.24, 2.45) is 0 Å². The van der Waals surface area contributed by atoms with Gasteiger partial charge in [-0.25, -0.2) is 4.79 Å². The first kappa shape index (κ1) is 31.7. The Morgan fingerprint density at radius 2 is 1.49 bits per heavy atom. The smallest absolute Gasteiger partial charge is 0.416 e. The molecule has 4 rings (SSSR count). The molecule has 224 valence electrons. The van der Waals surface area contributed by atoms with Crippen molar-refractivity contribution in [2.45, 2.75) is 38.7 Å². The Morgan fingerprint density at radius 3 is 2.12 bits per heavy atom. The number of aryl methyl sites for hydroxylation is 1. The SMILES string of the molecule is CSCC[C@H](NC(=O)c1ccc(CN(Cc2ccc(C(F)(F)F)cc2)c2ccccc2)cc1-c1ccccc1C)C(=O)O. The third-order valence-electron chi connectivity index (χ3n) is 7.13. The third-order valence-corrected chi connectivity index (χ3v) is 7.77. The Balaban J connectivity index is 1.69. The molecule has 0 unspecified atom stereocenters. The summed E-state index contributed by atoms with van der Waals surface area (Å²) in [7, 11) is 0. The number of amides is 1. The molecule has 4 aromatic carbocycles. The van der Waals surface area contributed by atoms with E-state index in [1.165, 1.54) is 23.9 Å². The van der Waals surface area contributed by atoms with Crippen LogP contribution in [0.5, 0.6) is 0 Å². The number of aliphatic carboxylic acids is 1. The lowest BCUT2D eigenvalue weighted by Crippen LogP contribution is -2.41. The number of carboxylic acid groups (broad SMARTS) is 1. The zero-order valence-corrected chi connectivity index (χ0v) is 24.7. The van der Waals surface area contributed by atoms with E-state index in [2.05, 4.69) is 10.2 Å². The molecule has 1 amide bonds. The number of carbonyl (C=O) groups excluding carboxylic acids is 1. The monoisotopic (exact) mass is 606 g/mol. The first-order valence-corrected chi connectivity index (χ1v) is 15.1. The number of carbonyl (C=O) groups is 2. The minimum absolute atomic E-state index is 0.302. The maximum absolute atomic E-state index is 13.5. The van der Waals surface area contributed by atoms with E-state index in [0.717, 1.165) is 40.1 Å². The number of alkyl halides is 3. The van der Waals surface area contributed by atoms with Crippen LogP contribution in [0.3, 0.4) is 0 Å². The first-order chi connectivity index (χ1) is 20.6. The highest BCUT2D eigenvalue weighted by Crippen LogP contribution is 2.31. The molecule has 0 heterocycles. The van der Waals surface area contributed by atoms with Crippen molar-refractivity contribution in [1.82, 2.24) is 5.32 Å². The lowest BCUT2D eigenvalue weighted by atomic mass is 9.93. The number of benzene rings is 4. The summed E-state index contributed by atoms with van der Waals surface area (Å²) in [6, 6.07) is 26.8. The molecular weight excluding hydrogens is 573 g/mol. The Bertz CT molecular complexity index is 1540. The van der Waals surface area contributed by atoms with Crippen molar-refractivity contribution in [2.75, 3.05) is 16.9 Å². The quantitative estimate of drug-likeness (QED) is 0.172. The van der Waals surface area contributed by atoms with Crippen LogP contribution in [0, 0.1) is 6.92 Å². The largest absolute Gasteiger partial charge is 0.480 e. The van der Waals surface area contributed by atoms with Gasteiger partial charge >= 0.3 is 12.1 Å². The van der Waals surface area contributed by atoms with Gasteiger partial charge in [0.05, 0.1) is 5.56 Å². The fourth-order valence-electron chi connectivity index (χ4n) is 4.83. The predicted molar refractivity (Wildman–Crippen MR) is 166 cm³/mol. The van der Waals surface area contributed by atoms with Gasteiger partial charge in [-0.2, -0.15) is 24.9 Å². The minimum Gasteiger partial charge on any atom is -0.480 e. The average Bonchev–Trinajstić information content (AvgIpc) is 2.99. The van der Waals surface area contributed by atoms with Crippen LogP contribution < -0.4 is 10.2 Å². The lowest BCUT2D eigenvalue weighted by molar-refractivity contribution is -0.139. The van der Waals surface area contributed by atoms with Crippen LogP contribution >= 0.6 is 11.8 Å². The van der Waals surface area contributed by atoms with E-state index in [4.69, 9.17) is 0 Å². The fourth-order valence-corrected chi connectivity index (χ4v) is 5.30. The standard InChI is InChI=1S/C34H33F3N2O3S/c1-23-8-6-7-11-28(23)30-20-25(14-17-29(30)32(40)38-31(33(41)42)18-19-43-2)22-39(27-9-4-3-5-10-27)21-24-12-15-26(16-13-24)34(35,36)37/h3-17,20,31H,18-19,21-22H2,1-2H3,(H,38,40)(H,41,42)/t31-/m0/s1. The molecule has 0 bridgehead atoms. The Morgan fingerprint density at radius 1 is 0.860 bits per heavy atom. The second kappa shape index (κ2) is 14.3. The Kier molecular flexibility index (Phi) is 10.5. The van der Waals surface area contributed by atoms with Gasteiger partial charge < -0.3 is 15.3 Å². The van der Waals surface area contributed by atoms with E-state index in [-0.39, 0.29) is 0 Å². The van der Waals surface area contributed by atoms with Crippen LogP contribution in [0.25, 0.3) is 11.1 Å². The van der Waals surface area contributed by atoms with E-state index in [1.54, 1.807) is 6.07 Å². The number of rotatable bonds is 12. The highest BCUT2D eigenvalue weighted by Gasteiger charge is 2.30. The maximum Gasteiger partial charge on any atom is 0.416 e. The zero-order valence-electron chi connectivity index (χ0n) is 23.9. The molecule has 4 aromatic rings. The van der Waals surface area contributed by atoms with Gasteiger partial charge in [0.15, 0.2) is 0 Å². The molecule has 0 spiro atoms. The molecule has 0 aliphatic carbocycles. The van der Waals surface area contributed by atoms with Gasteiger partial charge in [-0.1, -0.05) is 60.7 Å². The van der Waals surface area contributed by atoms with Crippen molar-refractivity contribution in [3.8, 4) is 11.1 Å². The van der Waals surface area contributed by atoms with Crippen molar-refractivity contribution in [3.63, 3.8) is 0 Å². The number of anilines is 1. The van der Waals surface area contributed by atoms with Crippen LogP contribution in [0.2, 0.25) is 0 Å². The van der Waals surface area contributed by atoms with Gasteiger partial charge in [0, 0.05) is 24.3 Å². The summed E-state index contributed by atoms with van der Waals surface area (Å²) in [5.74, 6) is -0.962. The topological polar surface area (TPSA) is 69.6 Å². The molecule has 0 aliphatic heterocycles. The van der Waals surface area contributed by atoms with Crippen LogP contribution in [0.1, 0.15) is 39.0 Å². The van der Waals surface area contributed by atoms with Gasteiger partial charge in [-0.3, -0.25) is 4.79 Å². The van der Waals surface area contributed by atoms with Crippen LogP contribution in [0.4, 0.5) is 18.9 Å². The molecule has 9 heteroatoms. The van der Waals surface area contributed by atoms with E-state index < -0.39 is 29.7 Å². The highest BCUT2D eigenvalue weighted by atomic mass is 32.2. The van der Waals surface area contributed by atoms with Crippen LogP contribution in [0.15, 0.2) is 97.1 Å². The summed E-state index contributed by atoms with van der Waals surface area (Å²) < 4.78 is 39.4. The molecule has 0 radical (unpaired) electrons. The average molecular weight is 607 g/mol. The first-order valence-electron chi connectivity index (χ1n) is 13.7. The maximum atomic E-state index is 13.5. The second-order valence-electron chi connectivity index (χ2n) is 10.2. The molecule has 0 saturated carbocycles. The summed E-state index contributed by atoms with van der Waals surface area (Å²) in [4.78, 5) is 27.3. The van der Waals surface area contributed by atoms with Crippen molar-refractivity contribution in [3.05, 3.63) is 125 Å². The number of hydrogen-bond donors (Lipinski definition) is 2. The number of nitrogens with one attached hydrogen (secondary N) is 1. The molecule has 2 N–H and O–H groups in total. The summed E-state index contributed by atoms with van der Waals surface area (Å²) in [6.45, 7) is 2.72. The van der Waals surface area contributed by atoms with E-state index in [0.29, 0.717) is 36.4 Å². The number of thioether (sulfide) groups is 1. The molecule has 0 aliphatic rings. The number of carboxylic acids is 1. The molecule has 0 fully saturated rings. The molecule has 0 aromatic heterocycles. The van der Waals surface area contributed by atoms with Gasteiger partial charge in [0.1, 0.15) is 6.04 Å². The van der Waals surface area contributed by atoms with Crippen molar-refractivity contribution in [1.29, 1.82) is 0 Å². The summed E-state index contributed by atoms with van der Waals surface area (Å²) >= 11 is 1.51. The minimum atomic E-state index is -4.41. The molecular formula is C34H33F3N2O3S. The van der Waals surface area contributed by atoms with Gasteiger partial charge in [-0.15, -0.1) is 0 Å². The second-order valence-corrected chi connectivity index (χ2v) is 11.2. The molecule has 1 atom stereocenters. The molecule has 43 heavy (non-hydrogen) atoms. The van der Waals surface area contributed by atoms with E-state index >= 15 is 0 Å². The van der Waals surface area contributed by atoms with E-state index in [9.17, 15) is 27.9 Å². The third kappa shape index (κ3) is 8.41.